The molecule has 0 aliphatic heterocycles. The lowest BCUT2D eigenvalue weighted by molar-refractivity contribution is 1.21. The van der Waals surface area contributed by atoms with Crippen LogP contribution in [0.1, 0.15) is 5.56 Å². The molecule has 0 spiro atoms. The van der Waals surface area contributed by atoms with E-state index in [9.17, 15) is 0 Å². The van der Waals surface area contributed by atoms with Gasteiger partial charge in [0.25, 0.3) is 0 Å². The standard InChI is InChI=1S/C18H17N/c1-14-7-5-10-16(13-14)19(2)18-12-6-9-15-8-3-4-11-17(15)18/h3-13H,1-2H3. The van der Waals surface area contributed by atoms with Crippen molar-refractivity contribution in [1.82, 2.24) is 0 Å². The molecule has 0 aliphatic carbocycles. The van der Waals surface area contributed by atoms with Gasteiger partial charge < -0.3 is 4.90 Å². The molecule has 0 aliphatic rings. The molecule has 0 radical (unpaired) electrons. The van der Waals surface area contributed by atoms with E-state index in [0.717, 1.165) is 0 Å². The Balaban J connectivity index is 2.14. The molecule has 1 heteroatoms. The summed E-state index contributed by atoms with van der Waals surface area (Å²) in [6, 6.07) is 23.5. The molecule has 0 N–H and O–H groups in total. The summed E-state index contributed by atoms with van der Waals surface area (Å²) in [4.78, 5) is 2.25. The second kappa shape index (κ2) is 4.77. The number of fused-ring (bicyclic) bond motifs is 1. The first-order valence-electron chi connectivity index (χ1n) is 6.54. The van der Waals surface area contributed by atoms with E-state index in [-0.39, 0.29) is 0 Å². The Morgan fingerprint density at radius 2 is 1.53 bits per heavy atom. The summed E-state index contributed by atoms with van der Waals surface area (Å²) >= 11 is 0. The van der Waals surface area contributed by atoms with Gasteiger partial charge in [-0.2, -0.15) is 0 Å². The molecular weight excluding hydrogens is 230 g/mol. The number of nitrogens with zero attached hydrogens (tertiary/aromatic N) is 1. The maximum atomic E-state index is 2.25. The van der Waals surface area contributed by atoms with Gasteiger partial charge in [-0.3, -0.25) is 0 Å². The Kier molecular flexibility index (Phi) is 2.96. The van der Waals surface area contributed by atoms with Gasteiger partial charge in [0.15, 0.2) is 0 Å². The van der Waals surface area contributed by atoms with Crippen LogP contribution in [0.3, 0.4) is 0 Å². The monoisotopic (exact) mass is 247 g/mol. The lowest BCUT2D eigenvalue weighted by Gasteiger charge is -2.21. The van der Waals surface area contributed by atoms with Crippen LogP contribution in [0, 0.1) is 6.92 Å². The van der Waals surface area contributed by atoms with Crippen LogP contribution >= 0.6 is 0 Å². The van der Waals surface area contributed by atoms with E-state index in [2.05, 4.69) is 85.6 Å². The predicted molar refractivity (Wildman–Crippen MR) is 83.2 cm³/mol. The highest BCUT2D eigenvalue weighted by molar-refractivity contribution is 5.95. The number of rotatable bonds is 2. The number of hydrogen-bond donors (Lipinski definition) is 0. The van der Waals surface area contributed by atoms with Crippen LogP contribution in [-0.2, 0) is 0 Å². The van der Waals surface area contributed by atoms with E-state index in [1.807, 2.05) is 0 Å². The van der Waals surface area contributed by atoms with Crippen molar-refractivity contribution in [2.75, 3.05) is 11.9 Å². The van der Waals surface area contributed by atoms with Crippen LogP contribution in [0.5, 0.6) is 0 Å². The molecule has 0 bridgehead atoms. The Labute approximate surface area is 114 Å². The molecule has 0 unspecified atom stereocenters. The quantitative estimate of drug-likeness (QED) is 0.621. The van der Waals surface area contributed by atoms with Crippen molar-refractivity contribution in [3.63, 3.8) is 0 Å². The van der Waals surface area contributed by atoms with Crippen molar-refractivity contribution in [1.29, 1.82) is 0 Å². The molecule has 1 nitrogen and oxygen atoms in total. The van der Waals surface area contributed by atoms with Crippen molar-refractivity contribution < 1.29 is 0 Å². The van der Waals surface area contributed by atoms with Gasteiger partial charge >= 0.3 is 0 Å². The highest BCUT2D eigenvalue weighted by atomic mass is 15.1. The fourth-order valence-electron chi connectivity index (χ4n) is 2.48. The van der Waals surface area contributed by atoms with Crippen molar-refractivity contribution in [3.8, 4) is 0 Å². The van der Waals surface area contributed by atoms with Gasteiger partial charge in [0.2, 0.25) is 0 Å². The molecule has 3 aromatic carbocycles. The highest BCUT2D eigenvalue weighted by Crippen LogP contribution is 2.31. The molecule has 0 fully saturated rings. The summed E-state index contributed by atoms with van der Waals surface area (Å²) in [5.41, 5.74) is 3.74. The molecule has 19 heavy (non-hydrogen) atoms. The average molecular weight is 247 g/mol. The maximum absolute atomic E-state index is 2.25. The third-order valence-electron chi connectivity index (χ3n) is 3.52. The second-order valence-corrected chi connectivity index (χ2v) is 4.90. The van der Waals surface area contributed by atoms with Gasteiger partial charge in [-0.1, -0.05) is 48.5 Å². The summed E-state index contributed by atoms with van der Waals surface area (Å²) in [5, 5.41) is 2.56. The fraction of sp³-hybridized carbons (Fsp3) is 0.111. The number of hydrogen-bond acceptors (Lipinski definition) is 1. The van der Waals surface area contributed by atoms with Crippen molar-refractivity contribution >= 4 is 22.1 Å². The van der Waals surface area contributed by atoms with E-state index in [1.54, 1.807) is 0 Å². The lowest BCUT2D eigenvalue weighted by atomic mass is 10.1. The van der Waals surface area contributed by atoms with Gasteiger partial charge in [0.05, 0.1) is 0 Å². The molecule has 3 rings (SSSR count). The van der Waals surface area contributed by atoms with E-state index in [0.29, 0.717) is 0 Å². The van der Waals surface area contributed by atoms with Crippen LogP contribution in [0.25, 0.3) is 10.8 Å². The summed E-state index contributed by atoms with van der Waals surface area (Å²) in [5.74, 6) is 0. The maximum Gasteiger partial charge on any atom is 0.0487 e. The normalized spacial score (nSPS) is 10.6. The Hall–Kier alpha value is -2.28. The molecule has 0 saturated heterocycles. The molecule has 0 amide bonds. The third-order valence-corrected chi connectivity index (χ3v) is 3.52. The van der Waals surface area contributed by atoms with Crippen LogP contribution in [0.2, 0.25) is 0 Å². The molecule has 0 aromatic heterocycles. The number of aryl methyl sites for hydroxylation is 1. The van der Waals surface area contributed by atoms with Crippen molar-refractivity contribution in [2.45, 2.75) is 6.92 Å². The molecule has 0 heterocycles. The minimum absolute atomic E-state index is 1.22. The Bertz CT molecular complexity index is 710. The Morgan fingerprint density at radius 1 is 0.789 bits per heavy atom. The lowest BCUT2D eigenvalue weighted by Crippen LogP contribution is -2.09. The summed E-state index contributed by atoms with van der Waals surface area (Å²) in [7, 11) is 2.12. The van der Waals surface area contributed by atoms with Gasteiger partial charge in [0.1, 0.15) is 0 Å². The molecular formula is C18H17N. The van der Waals surface area contributed by atoms with Crippen LogP contribution in [0.15, 0.2) is 66.7 Å². The predicted octanol–water partition coefficient (Wildman–Crippen LogP) is 4.92. The number of benzene rings is 3. The molecule has 0 atom stereocenters. The first kappa shape index (κ1) is 11.8. The first-order valence-corrected chi connectivity index (χ1v) is 6.54. The van der Waals surface area contributed by atoms with Crippen LogP contribution in [-0.4, -0.2) is 7.05 Å². The summed E-state index contributed by atoms with van der Waals surface area (Å²) < 4.78 is 0. The van der Waals surface area contributed by atoms with Gasteiger partial charge in [-0.05, 0) is 36.1 Å². The topological polar surface area (TPSA) is 3.24 Å². The van der Waals surface area contributed by atoms with Crippen molar-refractivity contribution in [3.05, 3.63) is 72.3 Å². The average Bonchev–Trinajstić information content (AvgIpc) is 2.46. The minimum atomic E-state index is 1.22. The zero-order chi connectivity index (χ0) is 13.2. The van der Waals surface area contributed by atoms with Gasteiger partial charge in [-0.15, -0.1) is 0 Å². The zero-order valence-electron chi connectivity index (χ0n) is 11.3. The molecule has 3 aromatic rings. The third kappa shape index (κ3) is 2.19. The van der Waals surface area contributed by atoms with Gasteiger partial charge in [0, 0.05) is 23.8 Å². The smallest absolute Gasteiger partial charge is 0.0487 e. The van der Waals surface area contributed by atoms with E-state index in [1.165, 1.54) is 27.7 Å². The van der Waals surface area contributed by atoms with Crippen LogP contribution < -0.4 is 4.90 Å². The SMILES string of the molecule is Cc1cccc(N(C)c2cccc3ccccc23)c1. The zero-order valence-corrected chi connectivity index (χ0v) is 11.3. The van der Waals surface area contributed by atoms with Crippen molar-refractivity contribution in [2.24, 2.45) is 0 Å². The van der Waals surface area contributed by atoms with Gasteiger partial charge in [-0.25, -0.2) is 0 Å². The van der Waals surface area contributed by atoms with E-state index >= 15 is 0 Å². The van der Waals surface area contributed by atoms with Crippen LogP contribution in [0.4, 0.5) is 11.4 Å². The minimum Gasteiger partial charge on any atom is -0.344 e. The second-order valence-electron chi connectivity index (χ2n) is 4.90. The highest BCUT2D eigenvalue weighted by Gasteiger charge is 2.07. The molecule has 0 saturated carbocycles. The number of anilines is 2. The fourth-order valence-corrected chi connectivity index (χ4v) is 2.48. The Morgan fingerprint density at radius 3 is 2.37 bits per heavy atom. The molecule has 94 valence electrons. The van der Waals surface area contributed by atoms with E-state index < -0.39 is 0 Å². The van der Waals surface area contributed by atoms with E-state index in [4.69, 9.17) is 0 Å². The summed E-state index contributed by atoms with van der Waals surface area (Å²) in [6.07, 6.45) is 0. The largest absolute Gasteiger partial charge is 0.344 e. The summed E-state index contributed by atoms with van der Waals surface area (Å²) in [6.45, 7) is 2.13. The first-order chi connectivity index (χ1) is 9.25.